The Morgan fingerprint density at radius 2 is 2.00 bits per heavy atom. The SMILES string of the molecule is COc1ccc(NC(=O)NC(=O)COCC(=O)O)cc1Cl. The van der Waals surface area contributed by atoms with Gasteiger partial charge in [0.1, 0.15) is 19.0 Å². The van der Waals surface area contributed by atoms with Crippen molar-refractivity contribution >= 4 is 35.2 Å². The lowest BCUT2D eigenvalue weighted by Crippen LogP contribution is -2.37. The molecular weight excluding hydrogens is 304 g/mol. The van der Waals surface area contributed by atoms with Gasteiger partial charge in [-0.1, -0.05) is 11.6 Å². The number of carbonyl (C=O) groups is 3. The van der Waals surface area contributed by atoms with E-state index in [2.05, 4.69) is 10.1 Å². The summed E-state index contributed by atoms with van der Waals surface area (Å²) in [5.74, 6) is -1.53. The normalized spacial score (nSPS) is 9.81. The van der Waals surface area contributed by atoms with E-state index in [-0.39, 0.29) is 0 Å². The van der Waals surface area contributed by atoms with Crippen molar-refractivity contribution in [2.45, 2.75) is 0 Å². The van der Waals surface area contributed by atoms with Gasteiger partial charge in [0.25, 0.3) is 5.91 Å². The van der Waals surface area contributed by atoms with Crippen LogP contribution in [0.15, 0.2) is 18.2 Å². The number of carboxylic acids is 1. The Hall–Kier alpha value is -2.32. The van der Waals surface area contributed by atoms with Crippen molar-refractivity contribution in [1.82, 2.24) is 5.32 Å². The molecule has 3 amide bonds. The van der Waals surface area contributed by atoms with Gasteiger partial charge in [0.2, 0.25) is 0 Å². The smallest absolute Gasteiger partial charge is 0.329 e. The number of rotatable bonds is 6. The number of nitrogens with one attached hydrogen (secondary N) is 2. The molecule has 0 unspecified atom stereocenters. The van der Waals surface area contributed by atoms with E-state index in [1.54, 1.807) is 6.07 Å². The summed E-state index contributed by atoms with van der Waals surface area (Å²) in [7, 11) is 1.46. The van der Waals surface area contributed by atoms with Crippen LogP contribution in [0, 0.1) is 0 Å². The molecule has 1 rings (SSSR count). The van der Waals surface area contributed by atoms with Crippen molar-refractivity contribution < 1.29 is 29.0 Å². The number of urea groups is 1. The van der Waals surface area contributed by atoms with E-state index in [1.807, 2.05) is 5.32 Å². The first-order valence-electron chi connectivity index (χ1n) is 5.66. The molecule has 1 aromatic carbocycles. The fourth-order valence-electron chi connectivity index (χ4n) is 1.30. The van der Waals surface area contributed by atoms with E-state index < -0.39 is 31.1 Å². The van der Waals surface area contributed by atoms with E-state index in [9.17, 15) is 14.4 Å². The Kier molecular flexibility index (Phi) is 6.44. The molecule has 3 N–H and O–H groups in total. The summed E-state index contributed by atoms with van der Waals surface area (Å²) in [6.45, 7) is -1.16. The zero-order chi connectivity index (χ0) is 15.8. The number of hydrogen-bond acceptors (Lipinski definition) is 5. The molecule has 8 nitrogen and oxygen atoms in total. The van der Waals surface area contributed by atoms with Gasteiger partial charge in [-0.15, -0.1) is 0 Å². The average molecular weight is 317 g/mol. The highest BCUT2D eigenvalue weighted by atomic mass is 35.5. The van der Waals surface area contributed by atoms with Gasteiger partial charge < -0.3 is 19.9 Å². The lowest BCUT2D eigenvalue weighted by atomic mass is 10.3. The van der Waals surface area contributed by atoms with Crippen LogP contribution in [0.1, 0.15) is 0 Å². The molecule has 0 fully saturated rings. The maximum Gasteiger partial charge on any atom is 0.329 e. The van der Waals surface area contributed by atoms with Crippen LogP contribution in [0.4, 0.5) is 10.5 Å². The lowest BCUT2D eigenvalue weighted by molar-refractivity contribution is -0.143. The van der Waals surface area contributed by atoms with Crippen LogP contribution in [0.3, 0.4) is 0 Å². The monoisotopic (exact) mass is 316 g/mol. The minimum atomic E-state index is -1.21. The summed E-state index contributed by atoms with van der Waals surface area (Å²) in [6.07, 6.45) is 0. The maximum atomic E-state index is 11.5. The molecule has 0 aliphatic carbocycles. The third-order valence-electron chi connectivity index (χ3n) is 2.12. The molecule has 0 heterocycles. The van der Waals surface area contributed by atoms with Gasteiger partial charge in [-0.05, 0) is 18.2 Å². The summed E-state index contributed by atoms with van der Waals surface area (Å²) in [4.78, 5) is 32.9. The summed E-state index contributed by atoms with van der Waals surface area (Å²) in [5, 5.41) is 13.0. The van der Waals surface area contributed by atoms with Crippen LogP contribution in [0.2, 0.25) is 5.02 Å². The van der Waals surface area contributed by atoms with Gasteiger partial charge in [0.05, 0.1) is 12.1 Å². The molecule has 0 saturated carbocycles. The van der Waals surface area contributed by atoms with E-state index >= 15 is 0 Å². The number of hydrogen-bond donors (Lipinski definition) is 3. The third-order valence-corrected chi connectivity index (χ3v) is 2.42. The predicted molar refractivity (Wildman–Crippen MR) is 73.6 cm³/mol. The first-order chi connectivity index (χ1) is 9.92. The standard InChI is InChI=1S/C12H13ClN2O6/c1-20-9-3-2-7(4-8(9)13)14-12(19)15-10(16)5-21-6-11(17)18/h2-4H,5-6H2,1H3,(H,17,18)(H2,14,15,16,19). The van der Waals surface area contributed by atoms with Gasteiger partial charge in [-0.3, -0.25) is 10.1 Å². The molecule has 114 valence electrons. The summed E-state index contributed by atoms with van der Waals surface area (Å²) in [6, 6.07) is 3.75. The number of anilines is 1. The highest BCUT2D eigenvalue weighted by molar-refractivity contribution is 6.32. The number of methoxy groups -OCH3 is 1. The highest BCUT2D eigenvalue weighted by Gasteiger charge is 2.10. The Labute approximate surface area is 125 Å². The topological polar surface area (TPSA) is 114 Å². The van der Waals surface area contributed by atoms with E-state index in [4.69, 9.17) is 21.4 Å². The number of aliphatic carboxylic acids is 1. The van der Waals surface area contributed by atoms with Gasteiger partial charge in [-0.2, -0.15) is 0 Å². The molecule has 0 aromatic heterocycles. The number of imide groups is 1. The number of amides is 3. The molecule has 0 radical (unpaired) electrons. The summed E-state index contributed by atoms with van der Waals surface area (Å²) < 4.78 is 9.48. The van der Waals surface area contributed by atoms with Crippen LogP contribution in [0.25, 0.3) is 0 Å². The van der Waals surface area contributed by atoms with Crippen LogP contribution in [-0.2, 0) is 14.3 Å². The second kappa shape index (κ2) is 8.08. The number of benzene rings is 1. The van der Waals surface area contributed by atoms with Crippen molar-refractivity contribution in [2.75, 3.05) is 25.6 Å². The lowest BCUT2D eigenvalue weighted by Gasteiger charge is -2.08. The third kappa shape index (κ3) is 6.11. The largest absolute Gasteiger partial charge is 0.495 e. The van der Waals surface area contributed by atoms with Crippen LogP contribution >= 0.6 is 11.6 Å². The molecule has 1 aromatic rings. The number of carboxylic acid groups (broad SMARTS) is 1. The van der Waals surface area contributed by atoms with Crippen molar-refractivity contribution in [3.63, 3.8) is 0 Å². The molecule has 9 heteroatoms. The number of carbonyl (C=O) groups excluding carboxylic acids is 2. The van der Waals surface area contributed by atoms with Crippen LogP contribution < -0.4 is 15.4 Å². The van der Waals surface area contributed by atoms with E-state index in [0.29, 0.717) is 16.5 Å². The zero-order valence-electron chi connectivity index (χ0n) is 11.0. The minimum Gasteiger partial charge on any atom is -0.495 e. The van der Waals surface area contributed by atoms with E-state index in [0.717, 1.165) is 0 Å². The molecule has 0 spiro atoms. The van der Waals surface area contributed by atoms with Crippen molar-refractivity contribution in [3.8, 4) is 5.75 Å². The summed E-state index contributed by atoms with van der Waals surface area (Å²) >= 11 is 5.88. The van der Waals surface area contributed by atoms with Crippen LogP contribution in [0.5, 0.6) is 5.75 Å². The molecule has 0 aliphatic heterocycles. The molecule has 0 aliphatic rings. The molecule has 0 atom stereocenters. The Balaban J connectivity index is 2.44. The molecule has 21 heavy (non-hydrogen) atoms. The first kappa shape index (κ1) is 16.7. The first-order valence-corrected chi connectivity index (χ1v) is 6.04. The average Bonchev–Trinajstić information content (AvgIpc) is 2.38. The Morgan fingerprint density at radius 3 is 2.57 bits per heavy atom. The minimum absolute atomic E-state index is 0.298. The zero-order valence-corrected chi connectivity index (χ0v) is 11.8. The molecule has 0 saturated heterocycles. The van der Waals surface area contributed by atoms with Crippen molar-refractivity contribution in [2.24, 2.45) is 0 Å². The molecule has 0 bridgehead atoms. The summed E-state index contributed by atoms with van der Waals surface area (Å²) in [5.41, 5.74) is 0.359. The second-order valence-corrected chi connectivity index (χ2v) is 4.15. The van der Waals surface area contributed by atoms with Gasteiger partial charge in [0, 0.05) is 5.69 Å². The van der Waals surface area contributed by atoms with E-state index in [1.165, 1.54) is 19.2 Å². The Bertz CT molecular complexity index is 549. The fraction of sp³-hybridized carbons (Fsp3) is 0.250. The number of ether oxygens (including phenoxy) is 2. The number of halogens is 1. The highest BCUT2D eigenvalue weighted by Crippen LogP contribution is 2.26. The van der Waals surface area contributed by atoms with Crippen molar-refractivity contribution in [1.29, 1.82) is 0 Å². The second-order valence-electron chi connectivity index (χ2n) is 3.74. The Morgan fingerprint density at radius 1 is 1.29 bits per heavy atom. The van der Waals surface area contributed by atoms with Gasteiger partial charge >= 0.3 is 12.0 Å². The van der Waals surface area contributed by atoms with Crippen LogP contribution in [-0.4, -0.2) is 43.3 Å². The molecular formula is C12H13ClN2O6. The maximum absolute atomic E-state index is 11.5. The quantitative estimate of drug-likeness (QED) is 0.724. The predicted octanol–water partition coefficient (Wildman–Crippen LogP) is 1.10. The van der Waals surface area contributed by atoms with Gasteiger partial charge in [-0.25, -0.2) is 9.59 Å². The van der Waals surface area contributed by atoms with Crippen molar-refractivity contribution in [3.05, 3.63) is 23.2 Å². The van der Waals surface area contributed by atoms with Gasteiger partial charge in [0.15, 0.2) is 0 Å². The fourth-order valence-corrected chi connectivity index (χ4v) is 1.56.